The number of ether oxygens (including phenoxy) is 9. The Bertz CT molecular complexity index is 2590. The monoisotopic (exact) mass is 1110 g/mol. The zero-order valence-corrected chi connectivity index (χ0v) is 48.0. The summed E-state index contributed by atoms with van der Waals surface area (Å²) < 4.78 is 52.5. The van der Waals surface area contributed by atoms with Gasteiger partial charge in [0.2, 0.25) is 0 Å². The number of rotatable bonds is 33. The van der Waals surface area contributed by atoms with Crippen molar-refractivity contribution in [3.63, 3.8) is 0 Å². The minimum Gasteiger partial charge on any atom is -0.493 e. The summed E-state index contributed by atoms with van der Waals surface area (Å²) in [5.74, 6) is 2.61. The summed E-state index contributed by atoms with van der Waals surface area (Å²) in [6.07, 6.45) is 10.8. The Labute approximate surface area is 469 Å². The minimum atomic E-state index is -0.208. The number of allylic oxidation sites excluding steroid dienone is 2. The van der Waals surface area contributed by atoms with Crippen molar-refractivity contribution in [1.82, 2.24) is 19.7 Å². The van der Waals surface area contributed by atoms with Crippen molar-refractivity contribution in [1.29, 1.82) is 0 Å². The van der Waals surface area contributed by atoms with E-state index in [1.807, 2.05) is 55.3 Å². The van der Waals surface area contributed by atoms with Gasteiger partial charge in [-0.05, 0) is 73.1 Å². The van der Waals surface area contributed by atoms with Crippen LogP contribution in [0, 0.1) is 0 Å². The highest BCUT2D eigenvalue weighted by molar-refractivity contribution is 8.01. The van der Waals surface area contributed by atoms with E-state index in [2.05, 4.69) is 30.9 Å². The smallest absolute Gasteiger partial charge is 0.257 e. The lowest BCUT2D eigenvalue weighted by molar-refractivity contribution is -0.118. The quantitative estimate of drug-likeness (QED) is 0.0417. The standard InChI is InChI=1S/C59H78N6O13S/c1-9-41-24-45-32-60-51-30-55(53(70-7)28-49(51)57(68)64(45)34-41)77-36-43-26-48(27-44(62-43)37-78-56-31-52-50(29-54(56)71-8)58(69)65-35-42(10-2)25-46(65)33-61-52)76-17-14-63(6)39-59(4,5)79-38-47(67)12-11-15-72-18-20-74-22-23-75-21-19-73-16-13-40(3)66/h9-10,26-33,45-46H,11-25,34-39H2,1-8H3/b41-9+,42-10+/t45-,46-/m0/s1. The number of ketones is 2. The molecule has 2 atom stereocenters. The van der Waals surface area contributed by atoms with Crippen molar-refractivity contribution in [3.8, 4) is 28.7 Å². The molecule has 7 rings (SSSR count). The fourth-order valence-corrected chi connectivity index (χ4v) is 10.5. The summed E-state index contributed by atoms with van der Waals surface area (Å²) in [5.41, 5.74) is 5.37. The van der Waals surface area contributed by atoms with Gasteiger partial charge in [0.05, 0.1) is 112 Å². The third-order valence-corrected chi connectivity index (χ3v) is 15.1. The Hall–Kier alpha value is -6.16. The molecule has 0 spiro atoms. The number of hydrogen-bond donors (Lipinski definition) is 0. The fourth-order valence-electron chi connectivity index (χ4n) is 9.47. The number of aliphatic imine (C=N–C) groups is 2. The molecule has 0 unspecified atom stereocenters. The molecule has 1 aromatic heterocycles. The Kier molecular flexibility index (Phi) is 22.9. The van der Waals surface area contributed by atoms with Gasteiger partial charge in [0.15, 0.2) is 23.0 Å². The molecule has 20 heteroatoms. The third-order valence-electron chi connectivity index (χ3n) is 13.8. The molecule has 0 bridgehead atoms. The lowest BCUT2D eigenvalue weighted by atomic mass is 10.1. The molecule has 3 aromatic rings. The Morgan fingerprint density at radius 1 is 0.671 bits per heavy atom. The van der Waals surface area contributed by atoms with Crippen LogP contribution in [-0.4, -0.2) is 185 Å². The molecule has 2 fully saturated rings. The molecule has 0 saturated carbocycles. The number of methoxy groups -OCH3 is 2. The van der Waals surface area contributed by atoms with E-state index in [0.717, 1.165) is 12.8 Å². The normalized spacial score (nSPS) is 17.7. The molecular formula is C59H78N6O13S. The number of carbonyl (C=O) groups is 4. The van der Waals surface area contributed by atoms with Gasteiger partial charge in [-0.2, -0.15) is 0 Å². The van der Waals surface area contributed by atoms with E-state index in [1.54, 1.807) is 43.0 Å². The zero-order valence-electron chi connectivity index (χ0n) is 47.2. The van der Waals surface area contributed by atoms with Gasteiger partial charge in [-0.25, -0.2) is 0 Å². The van der Waals surface area contributed by atoms with Gasteiger partial charge in [0.25, 0.3) is 11.8 Å². The summed E-state index contributed by atoms with van der Waals surface area (Å²) in [6, 6.07) is 10.2. The number of nitrogens with zero attached hydrogens (tertiary/aromatic N) is 6. The zero-order chi connectivity index (χ0) is 56.3. The molecule has 2 aromatic carbocycles. The summed E-state index contributed by atoms with van der Waals surface area (Å²) in [6.45, 7) is 16.2. The van der Waals surface area contributed by atoms with Crippen LogP contribution in [0.5, 0.6) is 28.7 Å². The second-order valence-electron chi connectivity index (χ2n) is 20.4. The molecule has 0 N–H and O–H groups in total. The number of Topliss-reactive ketones (excluding diaryl/α,β-unsaturated/α-hetero) is 2. The first-order valence-corrected chi connectivity index (χ1v) is 28.1. The van der Waals surface area contributed by atoms with Gasteiger partial charge in [0, 0.05) is 87.1 Å². The van der Waals surface area contributed by atoms with Crippen LogP contribution in [0.4, 0.5) is 11.4 Å². The number of benzene rings is 2. The highest BCUT2D eigenvalue weighted by Crippen LogP contribution is 2.41. The van der Waals surface area contributed by atoms with Gasteiger partial charge in [0.1, 0.15) is 37.1 Å². The van der Waals surface area contributed by atoms with Crippen molar-refractivity contribution >= 4 is 58.9 Å². The van der Waals surface area contributed by atoms with E-state index in [9.17, 15) is 19.2 Å². The number of amides is 2. The van der Waals surface area contributed by atoms with Crippen LogP contribution in [0.1, 0.15) is 98.8 Å². The Balaban J connectivity index is 0.924. The number of fused-ring (bicyclic) bond motifs is 4. The van der Waals surface area contributed by atoms with Gasteiger partial charge in [-0.1, -0.05) is 23.3 Å². The largest absolute Gasteiger partial charge is 0.493 e. The second-order valence-corrected chi connectivity index (χ2v) is 22.1. The molecule has 4 aliphatic heterocycles. The maximum Gasteiger partial charge on any atom is 0.257 e. The number of thioether (sulfide) groups is 1. The molecule has 0 aliphatic carbocycles. The van der Waals surface area contributed by atoms with Crippen LogP contribution < -0.4 is 23.7 Å². The maximum atomic E-state index is 13.8. The molecule has 79 heavy (non-hydrogen) atoms. The highest BCUT2D eigenvalue weighted by atomic mass is 32.2. The topological polar surface area (TPSA) is 199 Å². The van der Waals surface area contributed by atoms with E-state index in [1.165, 1.54) is 25.4 Å². The molecular weight excluding hydrogens is 1030 g/mol. The van der Waals surface area contributed by atoms with Crippen LogP contribution in [0.3, 0.4) is 0 Å². The van der Waals surface area contributed by atoms with Crippen LogP contribution in [0.2, 0.25) is 0 Å². The molecule has 428 valence electrons. The second kappa shape index (κ2) is 29.9. The van der Waals surface area contributed by atoms with Crippen molar-refractivity contribution in [3.05, 3.63) is 82.2 Å². The van der Waals surface area contributed by atoms with E-state index in [-0.39, 0.29) is 53.4 Å². The third kappa shape index (κ3) is 17.7. The summed E-state index contributed by atoms with van der Waals surface area (Å²) in [4.78, 5) is 71.6. The Morgan fingerprint density at radius 3 is 1.65 bits per heavy atom. The van der Waals surface area contributed by atoms with E-state index in [4.69, 9.17) is 57.6 Å². The highest BCUT2D eigenvalue weighted by Gasteiger charge is 2.36. The minimum absolute atomic E-state index is 0.0221. The fraction of sp³-hybridized carbons (Fsp3) is 0.542. The van der Waals surface area contributed by atoms with Gasteiger partial charge < -0.3 is 57.3 Å². The molecule has 2 amide bonds. The van der Waals surface area contributed by atoms with Crippen molar-refractivity contribution in [2.45, 2.75) is 96.8 Å². The summed E-state index contributed by atoms with van der Waals surface area (Å²) in [7, 11) is 5.11. The number of pyridine rings is 1. The van der Waals surface area contributed by atoms with E-state index >= 15 is 0 Å². The maximum absolute atomic E-state index is 13.8. The lowest BCUT2D eigenvalue weighted by Gasteiger charge is -2.29. The van der Waals surface area contributed by atoms with Crippen LogP contribution >= 0.6 is 11.8 Å². The SMILES string of the molecule is C/C=C1\C[C@H]2C=Nc3cc(OCc4cc(OCCN(C)CC(C)(C)SCC(=O)CCCOCCOCCOCCOCCC(C)=O)cc(COc5cc6c(cc5OC)C(=O)N5C/C(=C/C)C[C@H]5C=N6)n4)c(OC)cc3C(=O)N2C1. The first kappa shape index (κ1) is 60.5. The molecule has 19 nitrogen and oxygen atoms in total. The van der Waals surface area contributed by atoms with E-state index < -0.39 is 0 Å². The van der Waals surface area contributed by atoms with Crippen molar-refractivity contribution in [2.24, 2.45) is 9.98 Å². The summed E-state index contributed by atoms with van der Waals surface area (Å²) >= 11 is 1.64. The summed E-state index contributed by atoms with van der Waals surface area (Å²) in [5, 5.41) is 0. The predicted octanol–water partition coefficient (Wildman–Crippen LogP) is 8.23. The predicted molar refractivity (Wildman–Crippen MR) is 304 cm³/mol. The van der Waals surface area contributed by atoms with Crippen molar-refractivity contribution in [2.75, 3.05) is 113 Å². The van der Waals surface area contributed by atoms with Crippen molar-refractivity contribution < 1.29 is 61.8 Å². The molecule has 4 aliphatic rings. The average Bonchev–Trinajstić information content (AvgIpc) is 4.08. The number of aromatic nitrogens is 1. The van der Waals surface area contributed by atoms with E-state index in [0.29, 0.717) is 173 Å². The number of hydrogen-bond acceptors (Lipinski definition) is 18. The van der Waals surface area contributed by atoms with Crippen LogP contribution in [-0.2, 0) is 41.8 Å². The molecule has 5 heterocycles. The molecule has 2 saturated heterocycles. The first-order chi connectivity index (χ1) is 38.2. The van der Waals surface area contributed by atoms with Crippen LogP contribution in [0.15, 0.2) is 69.7 Å². The Morgan fingerprint density at radius 2 is 1.16 bits per heavy atom. The first-order valence-electron chi connectivity index (χ1n) is 27.1. The molecule has 0 radical (unpaired) electrons. The average molecular weight is 1110 g/mol. The number of carbonyl (C=O) groups excluding carboxylic acids is 4. The van der Waals surface area contributed by atoms with Crippen LogP contribution in [0.25, 0.3) is 0 Å². The van der Waals surface area contributed by atoms with Gasteiger partial charge in [-0.15, -0.1) is 11.8 Å². The number of likely N-dealkylation sites (N-methyl/N-ethyl adjacent to an activating group) is 1. The van der Waals surface area contributed by atoms with Gasteiger partial charge in [-0.3, -0.25) is 34.1 Å². The lowest BCUT2D eigenvalue weighted by Crippen LogP contribution is -2.37. The van der Waals surface area contributed by atoms with Gasteiger partial charge >= 0.3 is 0 Å².